The fourth-order valence-corrected chi connectivity index (χ4v) is 4.15. The van der Waals surface area contributed by atoms with Crippen LogP contribution in [-0.4, -0.2) is 30.5 Å². The molecule has 1 atom stereocenters. The van der Waals surface area contributed by atoms with Crippen LogP contribution in [0.1, 0.15) is 18.4 Å². The molecule has 1 aliphatic heterocycles. The lowest BCUT2D eigenvalue weighted by molar-refractivity contribution is -0.121. The van der Waals surface area contributed by atoms with E-state index in [0.29, 0.717) is 6.61 Å². The lowest BCUT2D eigenvalue weighted by atomic mass is 9.96. The fraction of sp³-hybridized carbons (Fsp3) is 0.269. The second-order valence-electron chi connectivity index (χ2n) is 7.83. The Kier molecular flexibility index (Phi) is 6.45. The van der Waals surface area contributed by atoms with E-state index in [1.165, 1.54) is 16.3 Å². The van der Waals surface area contributed by atoms with Gasteiger partial charge in [-0.05, 0) is 47.9 Å². The number of carbonyl (C=O) groups is 1. The van der Waals surface area contributed by atoms with Crippen LogP contribution < -0.4 is 10.1 Å². The van der Waals surface area contributed by atoms with Gasteiger partial charge in [0.25, 0.3) is 0 Å². The van der Waals surface area contributed by atoms with Gasteiger partial charge in [0.1, 0.15) is 12.4 Å². The maximum Gasteiger partial charge on any atom is 0.228 e. The molecule has 3 aromatic rings. The van der Waals surface area contributed by atoms with E-state index >= 15 is 0 Å². The highest BCUT2D eigenvalue weighted by Crippen LogP contribution is 2.25. The number of ether oxygens (including phenoxy) is 1. The summed E-state index contributed by atoms with van der Waals surface area (Å²) >= 11 is 0. The van der Waals surface area contributed by atoms with Crippen LogP contribution in [0.15, 0.2) is 79.4 Å². The van der Waals surface area contributed by atoms with Gasteiger partial charge in [0.05, 0.1) is 5.92 Å². The average Bonchev–Trinajstić information content (AvgIpc) is 2.78. The number of hydrogen-bond donors (Lipinski definition) is 1. The highest BCUT2D eigenvalue weighted by Gasteiger charge is 2.26. The number of nitrogens with one attached hydrogen (secondary N) is 1. The third-order valence-corrected chi connectivity index (χ3v) is 5.62. The summed E-state index contributed by atoms with van der Waals surface area (Å²) in [4.78, 5) is 15.3. The molecule has 4 heteroatoms. The highest BCUT2D eigenvalue weighted by atomic mass is 16.5. The van der Waals surface area contributed by atoms with Crippen molar-refractivity contribution in [3.05, 3.63) is 84.9 Å². The number of hydrogen-bond acceptors (Lipinski definition) is 3. The molecule has 0 bridgehead atoms. The molecule has 1 saturated heterocycles. The Morgan fingerprint density at radius 1 is 1.13 bits per heavy atom. The van der Waals surface area contributed by atoms with Crippen molar-refractivity contribution in [3.8, 4) is 5.75 Å². The summed E-state index contributed by atoms with van der Waals surface area (Å²) in [6, 6.07) is 22.5. The molecule has 154 valence electrons. The molecule has 0 radical (unpaired) electrons. The summed E-state index contributed by atoms with van der Waals surface area (Å²) in [6.45, 7) is 6.79. The van der Waals surface area contributed by atoms with Gasteiger partial charge < -0.3 is 10.1 Å². The van der Waals surface area contributed by atoms with Crippen molar-refractivity contribution in [1.82, 2.24) is 4.90 Å². The monoisotopic (exact) mass is 400 g/mol. The Balaban J connectivity index is 1.40. The molecule has 1 unspecified atom stereocenters. The smallest absolute Gasteiger partial charge is 0.228 e. The Labute approximate surface area is 178 Å². The van der Waals surface area contributed by atoms with Gasteiger partial charge in [0.2, 0.25) is 5.91 Å². The normalized spacial score (nSPS) is 16.9. The number of nitrogens with zero attached hydrogens (tertiary/aromatic N) is 1. The first kappa shape index (κ1) is 20.2. The van der Waals surface area contributed by atoms with E-state index in [2.05, 4.69) is 59.3 Å². The molecule has 1 aliphatic rings. The van der Waals surface area contributed by atoms with Crippen LogP contribution in [0.2, 0.25) is 0 Å². The lowest BCUT2D eigenvalue weighted by Gasteiger charge is -2.32. The Bertz CT molecular complexity index is 1020. The fourth-order valence-electron chi connectivity index (χ4n) is 4.15. The number of benzene rings is 3. The molecule has 1 N–H and O–H groups in total. The number of carbonyl (C=O) groups excluding carboxylic acids is 1. The zero-order valence-corrected chi connectivity index (χ0v) is 17.2. The Morgan fingerprint density at radius 2 is 1.97 bits per heavy atom. The Morgan fingerprint density at radius 3 is 2.87 bits per heavy atom. The van der Waals surface area contributed by atoms with Crippen LogP contribution in [-0.2, 0) is 11.3 Å². The summed E-state index contributed by atoms with van der Waals surface area (Å²) < 4.78 is 5.56. The third-order valence-electron chi connectivity index (χ3n) is 5.62. The van der Waals surface area contributed by atoms with Crippen molar-refractivity contribution in [3.63, 3.8) is 0 Å². The molecule has 1 fully saturated rings. The molecule has 4 rings (SSSR count). The van der Waals surface area contributed by atoms with E-state index in [0.717, 1.165) is 43.9 Å². The van der Waals surface area contributed by atoms with E-state index < -0.39 is 0 Å². The predicted octanol–water partition coefficient (Wildman–Crippen LogP) is 5.26. The topological polar surface area (TPSA) is 41.6 Å². The van der Waals surface area contributed by atoms with Crippen molar-refractivity contribution in [2.45, 2.75) is 19.4 Å². The van der Waals surface area contributed by atoms with Crippen LogP contribution in [0.3, 0.4) is 0 Å². The van der Waals surface area contributed by atoms with Crippen molar-refractivity contribution in [2.24, 2.45) is 5.92 Å². The maximum atomic E-state index is 12.9. The van der Waals surface area contributed by atoms with Gasteiger partial charge in [-0.1, -0.05) is 61.2 Å². The summed E-state index contributed by atoms with van der Waals surface area (Å²) in [5.74, 6) is 0.805. The maximum absolute atomic E-state index is 12.9. The van der Waals surface area contributed by atoms with Gasteiger partial charge in [-0.2, -0.15) is 0 Å². The third kappa shape index (κ3) is 4.89. The lowest BCUT2D eigenvalue weighted by Crippen LogP contribution is -2.40. The molecular weight excluding hydrogens is 372 g/mol. The number of rotatable bonds is 7. The second-order valence-corrected chi connectivity index (χ2v) is 7.83. The molecule has 0 aliphatic carbocycles. The largest absolute Gasteiger partial charge is 0.489 e. The van der Waals surface area contributed by atoms with Crippen molar-refractivity contribution >= 4 is 22.4 Å². The second kappa shape index (κ2) is 9.59. The first-order valence-electron chi connectivity index (χ1n) is 10.6. The van der Waals surface area contributed by atoms with E-state index in [4.69, 9.17) is 4.74 Å². The van der Waals surface area contributed by atoms with Gasteiger partial charge in [-0.25, -0.2) is 0 Å². The van der Waals surface area contributed by atoms with Crippen LogP contribution in [0.4, 0.5) is 5.69 Å². The molecule has 0 saturated carbocycles. The minimum atomic E-state index is -0.00789. The minimum Gasteiger partial charge on any atom is -0.489 e. The van der Waals surface area contributed by atoms with Gasteiger partial charge in [-0.15, -0.1) is 0 Å². The van der Waals surface area contributed by atoms with Crippen LogP contribution >= 0.6 is 0 Å². The molecule has 30 heavy (non-hydrogen) atoms. The predicted molar refractivity (Wildman–Crippen MR) is 123 cm³/mol. The van der Waals surface area contributed by atoms with Gasteiger partial charge >= 0.3 is 0 Å². The molecule has 1 amide bonds. The molecule has 1 heterocycles. The molecule has 0 spiro atoms. The minimum absolute atomic E-state index is 0.00789. The number of anilines is 1. The van der Waals surface area contributed by atoms with Gasteiger partial charge in [0, 0.05) is 24.8 Å². The summed E-state index contributed by atoms with van der Waals surface area (Å²) in [6.07, 6.45) is 3.66. The van der Waals surface area contributed by atoms with Gasteiger partial charge in [-0.3, -0.25) is 9.69 Å². The number of fused-ring (bicyclic) bond motifs is 1. The Hall–Kier alpha value is -3.11. The molecular formula is C26H28N2O2. The number of likely N-dealkylation sites (tertiary alicyclic amines) is 1. The summed E-state index contributed by atoms with van der Waals surface area (Å²) in [7, 11) is 0. The zero-order chi connectivity index (χ0) is 20.8. The van der Waals surface area contributed by atoms with Crippen LogP contribution in [0.25, 0.3) is 10.8 Å². The van der Waals surface area contributed by atoms with E-state index in [9.17, 15) is 4.79 Å². The van der Waals surface area contributed by atoms with Crippen LogP contribution in [0.5, 0.6) is 5.75 Å². The number of piperidine rings is 1. The van der Waals surface area contributed by atoms with E-state index in [1.807, 2.05) is 24.3 Å². The SMILES string of the molecule is C=CCOc1cccc(NC(=O)C2CCCN(Cc3cccc4ccccc34)C2)c1. The molecule has 4 nitrogen and oxygen atoms in total. The summed E-state index contributed by atoms with van der Waals surface area (Å²) in [5.41, 5.74) is 2.09. The number of amides is 1. The highest BCUT2D eigenvalue weighted by molar-refractivity contribution is 5.93. The zero-order valence-electron chi connectivity index (χ0n) is 17.2. The van der Waals surface area contributed by atoms with Crippen molar-refractivity contribution in [1.29, 1.82) is 0 Å². The van der Waals surface area contributed by atoms with Crippen LogP contribution in [0, 0.1) is 5.92 Å². The van der Waals surface area contributed by atoms with Crippen molar-refractivity contribution < 1.29 is 9.53 Å². The van der Waals surface area contributed by atoms with Crippen molar-refractivity contribution in [2.75, 3.05) is 25.0 Å². The first-order valence-corrected chi connectivity index (χ1v) is 10.6. The summed E-state index contributed by atoms with van der Waals surface area (Å²) in [5, 5.41) is 5.63. The standard InChI is InChI=1S/C26H28N2O2/c1-2-16-30-24-13-6-12-23(17-24)27-26(29)22-11-7-15-28(19-22)18-21-10-5-9-20-8-3-4-14-25(20)21/h2-6,8-10,12-14,17,22H,1,7,11,15-16,18-19H2,(H,27,29). The molecule has 3 aromatic carbocycles. The van der Waals surface area contributed by atoms with E-state index in [-0.39, 0.29) is 11.8 Å². The molecule has 0 aromatic heterocycles. The first-order chi connectivity index (χ1) is 14.7. The van der Waals surface area contributed by atoms with E-state index in [1.54, 1.807) is 6.08 Å². The van der Waals surface area contributed by atoms with Gasteiger partial charge in [0.15, 0.2) is 0 Å². The average molecular weight is 401 g/mol. The quantitative estimate of drug-likeness (QED) is 0.551.